The number of carbonyl (C=O) groups excluding carboxylic acids is 1. The van der Waals surface area contributed by atoms with Gasteiger partial charge in [0.05, 0.1) is 17.1 Å². The van der Waals surface area contributed by atoms with Crippen LogP contribution in [-0.2, 0) is 4.74 Å². The van der Waals surface area contributed by atoms with Gasteiger partial charge in [-0.15, -0.1) is 0 Å². The molecule has 0 spiro atoms. The summed E-state index contributed by atoms with van der Waals surface area (Å²) in [4.78, 5) is 14.6. The Morgan fingerprint density at radius 3 is 2.75 bits per heavy atom. The predicted octanol–water partition coefficient (Wildman–Crippen LogP) is 2.44. The number of alkyl halides is 2. The van der Waals surface area contributed by atoms with Gasteiger partial charge in [-0.05, 0) is 22.0 Å². The highest BCUT2D eigenvalue weighted by atomic mass is 79.9. The summed E-state index contributed by atoms with van der Waals surface area (Å²) in [5, 5.41) is 8.61. The topological polar surface area (TPSA) is 63.0 Å². The van der Waals surface area contributed by atoms with E-state index in [1.807, 2.05) is 0 Å². The minimum atomic E-state index is -2.95. The second kappa shape index (κ2) is 4.99. The molecule has 0 unspecified atom stereocenters. The summed E-state index contributed by atoms with van der Waals surface area (Å²) in [5.41, 5.74) is -1.32. The molecule has 84 valence electrons. The van der Waals surface area contributed by atoms with Crippen molar-refractivity contribution in [1.82, 2.24) is 4.98 Å². The standard InChI is InChI=1S/C9H5BrF2N2O2/c1-16-9(15)4-2-5(10)6(3-13)14-7(4)8(11)12/h2,8H,1H3. The van der Waals surface area contributed by atoms with Crippen LogP contribution in [0, 0.1) is 11.3 Å². The van der Waals surface area contributed by atoms with Gasteiger partial charge in [0, 0.05) is 0 Å². The zero-order chi connectivity index (χ0) is 12.3. The highest BCUT2D eigenvalue weighted by Gasteiger charge is 2.23. The fourth-order valence-electron chi connectivity index (χ4n) is 1.02. The maximum absolute atomic E-state index is 12.6. The van der Waals surface area contributed by atoms with Crippen LogP contribution in [0.1, 0.15) is 28.2 Å². The van der Waals surface area contributed by atoms with Crippen molar-refractivity contribution in [3.63, 3.8) is 0 Å². The number of pyridine rings is 1. The van der Waals surface area contributed by atoms with Crippen molar-refractivity contribution in [2.75, 3.05) is 7.11 Å². The van der Waals surface area contributed by atoms with E-state index in [-0.39, 0.29) is 15.7 Å². The zero-order valence-electron chi connectivity index (χ0n) is 8.00. The quantitative estimate of drug-likeness (QED) is 0.785. The Morgan fingerprint density at radius 2 is 2.31 bits per heavy atom. The molecular formula is C9H5BrF2N2O2. The minimum absolute atomic E-state index is 0.166. The Kier molecular flexibility index (Phi) is 3.90. The molecule has 0 N–H and O–H groups in total. The maximum Gasteiger partial charge on any atom is 0.339 e. The van der Waals surface area contributed by atoms with Gasteiger partial charge in [0.1, 0.15) is 11.8 Å². The fourth-order valence-corrected chi connectivity index (χ4v) is 1.43. The highest BCUT2D eigenvalue weighted by Crippen LogP contribution is 2.26. The summed E-state index contributed by atoms with van der Waals surface area (Å²) < 4.78 is 29.7. The van der Waals surface area contributed by atoms with Crippen molar-refractivity contribution < 1.29 is 18.3 Å². The first-order valence-corrected chi connectivity index (χ1v) is 4.77. The molecule has 1 aromatic heterocycles. The smallest absolute Gasteiger partial charge is 0.339 e. The van der Waals surface area contributed by atoms with Gasteiger partial charge < -0.3 is 4.74 Å². The van der Waals surface area contributed by atoms with Crippen molar-refractivity contribution in [2.24, 2.45) is 0 Å². The largest absolute Gasteiger partial charge is 0.465 e. The third-order valence-corrected chi connectivity index (χ3v) is 2.33. The number of ether oxygens (including phenoxy) is 1. The number of nitrogens with zero attached hydrogens (tertiary/aromatic N) is 2. The van der Waals surface area contributed by atoms with Crippen LogP contribution in [0.2, 0.25) is 0 Å². The molecule has 4 nitrogen and oxygen atoms in total. The molecule has 1 aromatic rings. The molecule has 0 aliphatic carbocycles. The second-order valence-corrected chi connectivity index (χ2v) is 3.51. The van der Waals surface area contributed by atoms with Crippen LogP contribution in [0.4, 0.5) is 8.78 Å². The molecule has 0 atom stereocenters. The van der Waals surface area contributed by atoms with E-state index in [2.05, 4.69) is 25.7 Å². The first kappa shape index (κ1) is 12.5. The van der Waals surface area contributed by atoms with Gasteiger partial charge in [0.15, 0.2) is 5.69 Å². The number of rotatable bonds is 2. The monoisotopic (exact) mass is 290 g/mol. The average Bonchev–Trinajstić information content (AvgIpc) is 2.27. The summed E-state index contributed by atoms with van der Waals surface area (Å²) in [6.45, 7) is 0. The molecule has 1 heterocycles. The van der Waals surface area contributed by atoms with Crippen molar-refractivity contribution in [3.8, 4) is 6.07 Å². The molecular weight excluding hydrogens is 286 g/mol. The van der Waals surface area contributed by atoms with E-state index in [9.17, 15) is 13.6 Å². The van der Waals surface area contributed by atoms with Gasteiger partial charge in [0.2, 0.25) is 0 Å². The third-order valence-electron chi connectivity index (χ3n) is 1.72. The predicted molar refractivity (Wildman–Crippen MR) is 52.9 cm³/mol. The molecule has 0 radical (unpaired) electrons. The van der Waals surface area contributed by atoms with Crippen LogP contribution in [0.5, 0.6) is 0 Å². The first-order valence-electron chi connectivity index (χ1n) is 3.98. The van der Waals surface area contributed by atoms with Gasteiger partial charge in [-0.1, -0.05) is 0 Å². The Bertz CT molecular complexity index is 471. The number of aromatic nitrogens is 1. The molecule has 0 aromatic carbocycles. The SMILES string of the molecule is COC(=O)c1cc(Br)c(C#N)nc1C(F)F. The number of esters is 1. The van der Waals surface area contributed by atoms with Crippen LogP contribution < -0.4 is 0 Å². The second-order valence-electron chi connectivity index (χ2n) is 2.66. The molecule has 0 saturated carbocycles. The van der Waals surface area contributed by atoms with Crippen LogP contribution in [-0.4, -0.2) is 18.1 Å². The molecule has 0 saturated heterocycles. The lowest BCUT2D eigenvalue weighted by molar-refractivity contribution is 0.0587. The third kappa shape index (κ3) is 2.33. The van der Waals surface area contributed by atoms with Crippen LogP contribution in [0.15, 0.2) is 10.5 Å². The Balaban J connectivity index is 3.43. The van der Waals surface area contributed by atoms with Gasteiger partial charge in [0.25, 0.3) is 6.43 Å². The van der Waals surface area contributed by atoms with Crippen molar-refractivity contribution in [2.45, 2.75) is 6.43 Å². The molecule has 16 heavy (non-hydrogen) atoms. The van der Waals surface area contributed by atoms with Crippen molar-refractivity contribution >= 4 is 21.9 Å². The summed E-state index contributed by atoms with van der Waals surface area (Å²) in [5.74, 6) is -0.923. The van der Waals surface area contributed by atoms with E-state index in [1.54, 1.807) is 6.07 Å². The Labute approximate surface area is 98.0 Å². The number of methoxy groups -OCH3 is 1. The Hall–Kier alpha value is -1.55. The number of halogens is 3. The van der Waals surface area contributed by atoms with E-state index in [4.69, 9.17) is 5.26 Å². The minimum Gasteiger partial charge on any atom is -0.465 e. The van der Waals surface area contributed by atoms with Gasteiger partial charge in [-0.3, -0.25) is 0 Å². The summed E-state index contributed by atoms with van der Waals surface area (Å²) >= 11 is 2.95. The summed E-state index contributed by atoms with van der Waals surface area (Å²) in [6, 6.07) is 2.73. The van der Waals surface area contributed by atoms with E-state index in [0.717, 1.165) is 13.2 Å². The first-order chi connectivity index (χ1) is 7.51. The fraction of sp³-hybridized carbons (Fsp3) is 0.222. The highest BCUT2D eigenvalue weighted by molar-refractivity contribution is 9.10. The summed E-state index contributed by atoms with van der Waals surface area (Å²) in [7, 11) is 1.07. The number of nitriles is 1. The molecule has 0 fully saturated rings. The molecule has 1 rings (SSSR count). The van der Waals surface area contributed by atoms with E-state index < -0.39 is 18.1 Å². The van der Waals surface area contributed by atoms with E-state index in [0.29, 0.717) is 0 Å². The zero-order valence-corrected chi connectivity index (χ0v) is 9.59. The van der Waals surface area contributed by atoms with Crippen LogP contribution in [0.3, 0.4) is 0 Å². The number of hydrogen-bond acceptors (Lipinski definition) is 4. The molecule has 0 bridgehead atoms. The number of hydrogen-bond donors (Lipinski definition) is 0. The normalized spacial score (nSPS) is 10.0. The molecule has 0 aliphatic heterocycles. The van der Waals surface area contributed by atoms with Crippen molar-refractivity contribution in [3.05, 3.63) is 27.5 Å². The van der Waals surface area contributed by atoms with E-state index >= 15 is 0 Å². The van der Waals surface area contributed by atoms with E-state index in [1.165, 1.54) is 0 Å². The number of carbonyl (C=O) groups is 1. The van der Waals surface area contributed by atoms with Crippen LogP contribution in [0.25, 0.3) is 0 Å². The lowest BCUT2D eigenvalue weighted by Crippen LogP contribution is -2.09. The molecule has 0 amide bonds. The van der Waals surface area contributed by atoms with Gasteiger partial charge in [-0.25, -0.2) is 18.6 Å². The molecule has 0 aliphatic rings. The Morgan fingerprint density at radius 1 is 1.69 bits per heavy atom. The average molecular weight is 291 g/mol. The maximum atomic E-state index is 12.6. The lowest BCUT2D eigenvalue weighted by atomic mass is 10.2. The lowest BCUT2D eigenvalue weighted by Gasteiger charge is -2.07. The molecule has 7 heteroatoms. The van der Waals surface area contributed by atoms with Gasteiger partial charge >= 0.3 is 5.97 Å². The summed E-state index contributed by atoms with van der Waals surface area (Å²) in [6.07, 6.45) is -2.95. The van der Waals surface area contributed by atoms with Gasteiger partial charge in [-0.2, -0.15) is 5.26 Å². The van der Waals surface area contributed by atoms with Crippen molar-refractivity contribution in [1.29, 1.82) is 5.26 Å². The van der Waals surface area contributed by atoms with Crippen LogP contribution >= 0.6 is 15.9 Å².